The van der Waals surface area contributed by atoms with E-state index in [1.807, 2.05) is 11.3 Å². The topological polar surface area (TPSA) is 6.48 Å². The summed E-state index contributed by atoms with van der Waals surface area (Å²) in [7, 11) is 0. The Labute approximate surface area is 352 Å². The van der Waals surface area contributed by atoms with Gasteiger partial charge in [-0.25, -0.2) is 0 Å². The minimum Gasteiger partial charge on any atom is -0.360 e. The Morgan fingerprint density at radius 2 is 1.24 bits per heavy atom. The molecular weight excluding hydrogens is 733 g/mol. The van der Waals surface area contributed by atoms with Gasteiger partial charge in [0.15, 0.2) is 0 Å². The molecule has 3 unspecified atom stereocenters. The molecule has 6 aromatic rings. The Bertz CT molecular complexity index is 2660. The maximum Gasteiger partial charge on any atom is 0.0545 e. The lowest BCUT2D eigenvalue weighted by molar-refractivity contribution is 0.218. The summed E-state index contributed by atoms with van der Waals surface area (Å²) < 4.78 is 1.43. The molecule has 2 fully saturated rings. The van der Waals surface area contributed by atoms with Crippen LogP contribution in [0.5, 0.6) is 0 Å². The quantitative estimate of drug-likeness (QED) is 0.144. The highest BCUT2D eigenvalue weighted by Gasteiger charge is 2.55. The Hall–Kier alpha value is -5.90. The Morgan fingerprint density at radius 3 is 1.93 bits per heavy atom. The second-order valence-corrected chi connectivity index (χ2v) is 18.4. The molecule has 1 heterocycles. The molecule has 2 nitrogen and oxygen atoms in total. The maximum atomic E-state index is 2.89. The van der Waals surface area contributed by atoms with E-state index in [9.17, 15) is 0 Å². The third kappa shape index (κ3) is 6.21. The van der Waals surface area contributed by atoms with Crippen molar-refractivity contribution in [3.8, 4) is 22.3 Å². The number of fused-ring (bicyclic) bond motifs is 5. The molecule has 0 aliphatic heterocycles. The first-order valence-corrected chi connectivity index (χ1v) is 22.6. The molecule has 2 saturated carbocycles. The Kier molecular flexibility index (Phi) is 8.58. The van der Waals surface area contributed by atoms with Crippen molar-refractivity contribution < 1.29 is 0 Å². The van der Waals surface area contributed by atoms with Crippen LogP contribution in [-0.4, -0.2) is 17.0 Å². The number of hydrogen-bond acceptors (Lipinski definition) is 3. The lowest BCUT2D eigenvalue weighted by atomic mass is 9.84. The summed E-state index contributed by atoms with van der Waals surface area (Å²) in [5.74, 6) is 2.50. The van der Waals surface area contributed by atoms with Crippen molar-refractivity contribution in [2.24, 2.45) is 23.7 Å². The molecule has 59 heavy (non-hydrogen) atoms. The average molecular weight is 781 g/mol. The van der Waals surface area contributed by atoms with Gasteiger partial charge in [-0.05, 0) is 137 Å². The van der Waals surface area contributed by atoms with Crippen LogP contribution in [0.15, 0.2) is 199 Å². The molecule has 6 aliphatic carbocycles. The molecular formula is C56H48N2S. The van der Waals surface area contributed by atoms with E-state index >= 15 is 0 Å². The van der Waals surface area contributed by atoms with Gasteiger partial charge in [0, 0.05) is 33.7 Å². The number of thiophene rings is 1. The van der Waals surface area contributed by atoms with Crippen LogP contribution in [0.2, 0.25) is 0 Å². The molecule has 288 valence electrons. The van der Waals surface area contributed by atoms with Crippen molar-refractivity contribution >= 4 is 38.5 Å². The Balaban J connectivity index is 0.868. The molecule has 0 amide bonds. The summed E-state index contributed by atoms with van der Waals surface area (Å²) >= 11 is 2.02. The monoisotopic (exact) mass is 780 g/mol. The normalized spacial score (nSPS) is 24.8. The van der Waals surface area contributed by atoms with Crippen LogP contribution in [-0.2, 0) is 6.42 Å². The van der Waals surface area contributed by atoms with Crippen LogP contribution in [0.1, 0.15) is 42.5 Å². The van der Waals surface area contributed by atoms with Crippen molar-refractivity contribution in [3.05, 3.63) is 209 Å². The van der Waals surface area contributed by atoms with Gasteiger partial charge in [-0.1, -0.05) is 146 Å². The van der Waals surface area contributed by atoms with Crippen molar-refractivity contribution in [1.82, 2.24) is 4.90 Å². The highest BCUT2D eigenvalue weighted by molar-refractivity contribution is 7.20. The van der Waals surface area contributed by atoms with Crippen LogP contribution in [0.3, 0.4) is 0 Å². The smallest absolute Gasteiger partial charge is 0.0545 e. The van der Waals surface area contributed by atoms with Crippen molar-refractivity contribution in [3.63, 3.8) is 0 Å². The summed E-state index contributed by atoms with van der Waals surface area (Å²) in [6.07, 6.45) is 26.7. The summed E-state index contributed by atoms with van der Waals surface area (Å²) in [5.41, 5.74) is 15.2. The molecule has 0 bridgehead atoms. The third-order valence-corrected chi connectivity index (χ3v) is 15.2. The van der Waals surface area contributed by atoms with Gasteiger partial charge >= 0.3 is 0 Å². The van der Waals surface area contributed by atoms with Crippen molar-refractivity contribution in [1.29, 1.82) is 0 Å². The predicted octanol–water partition coefficient (Wildman–Crippen LogP) is 14.3. The van der Waals surface area contributed by atoms with E-state index in [4.69, 9.17) is 0 Å². The number of anilines is 2. The summed E-state index contributed by atoms with van der Waals surface area (Å²) in [6, 6.07) is 49.9. The molecule has 6 atom stereocenters. The van der Waals surface area contributed by atoms with E-state index in [0.29, 0.717) is 35.8 Å². The van der Waals surface area contributed by atoms with Crippen LogP contribution in [0.25, 0.3) is 38.0 Å². The number of allylic oxidation sites excluding steroid dienone is 8. The summed E-state index contributed by atoms with van der Waals surface area (Å²) in [4.78, 5) is 6.95. The largest absolute Gasteiger partial charge is 0.360 e. The average Bonchev–Trinajstić information content (AvgIpc) is 4.25. The van der Waals surface area contributed by atoms with E-state index in [1.165, 1.54) is 72.8 Å². The fourth-order valence-corrected chi connectivity index (χ4v) is 12.3. The first-order chi connectivity index (χ1) is 29.3. The molecule has 0 saturated heterocycles. The summed E-state index contributed by atoms with van der Waals surface area (Å²) in [6.45, 7) is 0. The zero-order chi connectivity index (χ0) is 38.9. The fraction of sp³-hybridized carbons (Fsp3) is 0.214. The van der Waals surface area contributed by atoms with Gasteiger partial charge in [0.2, 0.25) is 0 Å². The first kappa shape index (κ1) is 35.1. The van der Waals surface area contributed by atoms with Gasteiger partial charge < -0.3 is 9.80 Å². The van der Waals surface area contributed by atoms with E-state index in [0.717, 1.165) is 25.7 Å². The van der Waals surface area contributed by atoms with E-state index in [-0.39, 0.29) is 0 Å². The number of nitrogens with zero attached hydrogens (tertiary/aromatic N) is 2. The van der Waals surface area contributed by atoms with Crippen LogP contribution in [0.4, 0.5) is 11.4 Å². The molecule has 6 aliphatic rings. The molecule has 1 aromatic heterocycles. The van der Waals surface area contributed by atoms with Gasteiger partial charge in [0.1, 0.15) is 0 Å². The molecule has 0 N–H and O–H groups in total. The van der Waals surface area contributed by atoms with Gasteiger partial charge in [-0.3, -0.25) is 0 Å². The standard InChI is InChI=1S/C56H48N2S/c1-4-13-37(14-5-1)39-23-27-42(28-24-39)57(43-29-25-40(26-30-43)38-15-6-2-7-16-38)52-33-31-44(48-35-50(48)52)45-32-34-53(51-36-49(45)51)58(41-17-8-3-9-18-41)54-21-12-20-47-46-19-10-11-22-55(46)59-56(47)54/h1-11,13-17,19,21-33,41,48-51,53H,12,18,20,34-36H2/t41-,48?,49-,50+,51?,53?/m1/s1. The maximum absolute atomic E-state index is 2.89. The second kappa shape index (κ2) is 14.4. The zero-order valence-electron chi connectivity index (χ0n) is 33.3. The number of rotatable bonds is 9. The number of hydrogen-bond donors (Lipinski definition) is 0. The molecule has 3 heteroatoms. The molecule has 0 spiro atoms. The van der Waals surface area contributed by atoms with Crippen molar-refractivity contribution in [2.45, 2.75) is 50.6 Å². The van der Waals surface area contributed by atoms with Crippen LogP contribution >= 0.6 is 11.3 Å². The van der Waals surface area contributed by atoms with Crippen LogP contribution in [0, 0.1) is 23.7 Å². The minimum absolute atomic E-state index is 0.408. The zero-order valence-corrected chi connectivity index (χ0v) is 34.1. The SMILES string of the molecule is C1=CC[C@H](N(C2=CCCc3c2sc2ccccc32)C2CC=C(C3=CC=C(N(c4ccc(-c5ccccc5)cc4)c4ccc(-c5ccccc5)cc4)[C@H]4CC34)[C@H]3CC23)C=C1. The lowest BCUT2D eigenvalue weighted by Crippen LogP contribution is -2.44. The molecule has 0 radical (unpaired) electrons. The number of aryl methyl sites for hydroxylation is 1. The van der Waals surface area contributed by atoms with E-state index in [1.54, 1.807) is 16.7 Å². The second-order valence-electron chi connectivity index (χ2n) is 17.3. The van der Waals surface area contributed by atoms with Gasteiger partial charge in [0.05, 0.1) is 16.6 Å². The predicted molar refractivity (Wildman–Crippen MR) is 248 cm³/mol. The van der Waals surface area contributed by atoms with E-state index < -0.39 is 0 Å². The first-order valence-electron chi connectivity index (χ1n) is 21.8. The highest BCUT2D eigenvalue weighted by Crippen LogP contribution is 2.62. The molecule has 12 rings (SSSR count). The minimum atomic E-state index is 0.408. The van der Waals surface area contributed by atoms with Crippen molar-refractivity contribution in [2.75, 3.05) is 4.90 Å². The van der Waals surface area contributed by atoms with E-state index in [2.05, 4.69) is 192 Å². The number of benzene rings is 5. The van der Waals surface area contributed by atoms with Gasteiger partial charge in [0.25, 0.3) is 0 Å². The lowest BCUT2D eigenvalue weighted by Gasteiger charge is -2.43. The molecule has 5 aromatic carbocycles. The highest BCUT2D eigenvalue weighted by atomic mass is 32.1. The van der Waals surface area contributed by atoms with Crippen LogP contribution < -0.4 is 4.90 Å². The van der Waals surface area contributed by atoms with Gasteiger partial charge in [-0.2, -0.15) is 0 Å². The van der Waals surface area contributed by atoms with Gasteiger partial charge in [-0.15, -0.1) is 11.3 Å². The summed E-state index contributed by atoms with van der Waals surface area (Å²) in [5, 5.41) is 1.47. The Morgan fingerprint density at radius 1 is 0.559 bits per heavy atom. The third-order valence-electron chi connectivity index (χ3n) is 14.0. The fourth-order valence-electron chi connectivity index (χ4n) is 11.0.